The van der Waals surface area contributed by atoms with Crippen LogP contribution in [0.1, 0.15) is 11.1 Å². The number of pyridine rings is 1. The predicted molar refractivity (Wildman–Crippen MR) is 89.0 cm³/mol. The lowest BCUT2D eigenvalue weighted by Crippen LogP contribution is -2.28. The highest BCUT2D eigenvalue weighted by molar-refractivity contribution is 7.90. The van der Waals surface area contributed by atoms with Crippen LogP contribution in [0.2, 0.25) is 0 Å². The minimum atomic E-state index is -3.50. The van der Waals surface area contributed by atoms with Gasteiger partial charge < -0.3 is 5.32 Å². The van der Waals surface area contributed by atoms with Gasteiger partial charge in [0.15, 0.2) is 0 Å². The van der Waals surface area contributed by atoms with E-state index in [2.05, 4.69) is 39.3 Å². The Balaban J connectivity index is 1.96. The molecule has 2 N–H and O–H groups in total. The lowest BCUT2D eigenvalue weighted by Gasteiger charge is -2.13. The van der Waals surface area contributed by atoms with E-state index in [0.29, 0.717) is 18.1 Å². The molecule has 1 aromatic carbocycles. The van der Waals surface area contributed by atoms with Crippen molar-refractivity contribution in [3.8, 4) is 0 Å². The average Bonchev–Trinajstić information content (AvgIpc) is 2.48. The van der Waals surface area contributed by atoms with E-state index in [4.69, 9.17) is 0 Å². The lowest BCUT2D eigenvalue weighted by molar-refractivity contribution is 0.527. The Labute approximate surface area is 131 Å². The van der Waals surface area contributed by atoms with Crippen LogP contribution in [0.15, 0.2) is 42.6 Å². The number of hydrogen-bond donors (Lipinski definition) is 2. The van der Waals surface area contributed by atoms with Crippen molar-refractivity contribution in [3.05, 3.63) is 53.7 Å². The van der Waals surface area contributed by atoms with Gasteiger partial charge in [0.05, 0.1) is 11.9 Å². The summed E-state index contributed by atoms with van der Waals surface area (Å²) >= 11 is 0. The van der Waals surface area contributed by atoms with Crippen LogP contribution >= 0.6 is 0 Å². The first kappa shape index (κ1) is 16.3. The number of hydrogen-bond acceptors (Lipinski definition) is 4. The van der Waals surface area contributed by atoms with E-state index in [9.17, 15) is 8.42 Å². The molecule has 0 aliphatic rings. The summed E-state index contributed by atoms with van der Waals surface area (Å²) in [5.41, 5.74) is 2.80. The van der Waals surface area contributed by atoms with Gasteiger partial charge in [-0.15, -0.1) is 0 Å². The molecule has 0 amide bonds. The molecule has 0 saturated carbocycles. The molecule has 0 saturated heterocycles. The molecule has 2 aromatic rings. The molecule has 0 unspecified atom stereocenters. The van der Waals surface area contributed by atoms with Gasteiger partial charge in [0, 0.05) is 20.6 Å². The third-order valence-electron chi connectivity index (χ3n) is 3.09. The average molecular weight is 320 g/mol. The van der Waals surface area contributed by atoms with E-state index >= 15 is 0 Å². The molecule has 2 rings (SSSR count). The van der Waals surface area contributed by atoms with Gasteiger partial charge in [-0.2, -0.15) is 12.7 Å². The predicted octanol–water partition coefficient (Wildman–Crippen LogP) is 2.22. The fraction of sp³-hybridized carbons (Fsp3) is 0.267. The maximum Gasteiger partial charge on any atom is 0.301 e. The van der Waals surface area contributed by atoms with Crippen LogP contribution in [0.4, 0.5) is 11.5 Å². The van der Waals surface area contributed by atoms with E-state index in [-0.39, 0.29) is 0 Å². The molecule has 1 heterocycles. The fourth-order valence-corrected chi connectivity index (χ4v) is 2.30. The molecule has 0 atom stereocenters. The van der Waals surface area contributed by atoms with Crippen molar-refractivity contribution in [3.63, 3.8) is 0 Å². The van der Waals surface area contributed by atoms with Crippen molar-refractivity contribution in [2.45, 2.75) is 13.5 Å². The zero-order chi connectivity index (χ0) is 16.2. The van der Waals surface area contributed by atoms with E-state index < -0.39 is 10.2 Å². The second-order valence-corrected chi connectivity index (χ2v) is 7.05. The molecule has 0 radical (unpaired) electrons. The molecule has 0 aliphatic heterocycles. The molecule has 6 nitrogen and oxygen atoms in total. The zero-order valence-electron chi connectivity index (χ0n) is 12.9. The first-order valence-corrected chi connectivity index (χ1v) is 8.26. The van der Waals surface area contributed by atoms with Gasteiger partial charge >= 0.3 is 10.2 Å². The molecule has 22 heavy (non-hydrogen) atoms. The standard InChI is InChI=1S/C15H20N4O2S/c1-12-4-6-13(7-5-12)10-16-15-9-8-14(11-17-15)18-22(20,21)19(2)3/h4-9,11,18H,10H2,1-3H3,(H,16,17). The van der Waals surface area contributed by atoms with Crippen molar-refractivity contribution < 1.29 is 8.42 Å². The summed E-state index contributed by atoms with van der Waals surface area (Å²) in [5, 5.41) is 3.19. The Morgan fingerprint density at radius 2 is 1.77 bits per heavy atom. The number of anilines is 2. The van der Waals surface area contributed by atoms with Gasteiger partial charge in [-0.05, 0) is 24.6 Å². The molecule has 0 fully saturated rings. The summed E-state index contributed by atoms with van der Waals surface area (Å²) < 4.78 is 26.9. The minimum absolute atomic E-state index is 0.426. The van der Waals surface area contributed by atoms with Crippen molar-refractivity contribution in [1.82, 2.24) is 9.29 Å². The maximum atomic E-state index is 11.7. The monoisotopic (exact) mass is 320 g/mol. The Morgan fingerprint density at radius 3 is 2.32 bits per heavy atom. The van der Waals surface area contributed by atoms with Crippen LogP contribution in [0.5, 0.6) is 0 Å². The van der Waals surface area contributed by atoms with E-state index in [1.165, 1.54) is 25.9 Å². The summed E-state index contributed by atoms with van der Waals surface area (Å²) in [5.74, 6) is 0.688. The molecule has 0 bridgehead atoms. The Bertz CT molecular complexity index is 710. The summed E-state index contributed by atoms with van der Waals surface area (Å²) in [6.45, 7) is 2.71. The van der Waals surface area contributed by atoms with Crippen molar-refractivity contribution in [1.29, 1.82) is 0 Å². The normalized spacial score (nSPS) is 11.5. The molecular weight excluding hydrogens is 300 g/mol. The largest absolute Gasteiger partial charge is 0.366 e. The second-order valence-electron chi connectivity index (χ2n) is 5.16. The van der Waals surface area contributed by atoms with E-state index in [0.717, 1.165) is 9.87 Å². The van der Waals surface area contributed by atoms with Crippen molar-refractivity contribution in [2.24, 2.45) is 0 Å². The summed E-state index contributed by atoms with van der Waals surface area (Å²) in [6.07, 6.45) is 1.48. The van der Waals surface area contributed by atoms with Crippen LogP contribution in [0, 0.1) is 6.92 Å². The number of nitrogens with zero attached hydrogens (tertiary/aromatic N) is 2. The summed E-state index contributed by atoms with van der Waals surface area (Å²) in [6, 6.07) is 11.6. The molecule has 118 valence electrons. The fourth-order valence-electron chi connectivity index (χ4n) is 1.70. The quantitative estimate of drug-likeness (QED) is 0.856. The van der Waals surface area contributed by atoms with Crippen LogP contribution in [0.3, 0.4) is 0 Å². The Hall–Kier alpha value is -2.12. The third kappa shape index (κ3) is 4.44. The van der Waals surface area contributed by atoms with E-state index in [1.54, 1.807) is 12.1 Å². The van der Waals surface area contributed by atoms with Crippen LogP contribution in [0.25, 0.3) is 0 Å². The lowest BCUT2D eigenvalue weighted by atomic mass is 10.1. The van der Waals surface area contributed by atoms with Crippen molar-refractivity contribution >= 4 is 21.7 Å². The molecule has 7 heteroatoms. The number of aryl methyl sites for hydroxylation is 1. The van der Waals surface area contributed by atoms with Gasteiger partial charge in [0.1, 0.15) is 5.82 Å². The number of nitrogens with one attached hydrogen (secondary N) is 2. The smallest absolute Gasteiger partial charge is 0.301 e. The van der Waals surface area contributed by atoms with Crippen molar-refractivity contribution in [2.75, 3.05) is 24.1 Å². The Morgan fingerprint density at radius 1 is 1.09 bits per heavy atom. The molecule has 1 aromatic heterocycles. The highest BCUT2D eigenvalue weighted by Crippen LogP contribution is 2.13. The van der Waals surface area contributed by atoms with Gasteiger partial charge in [-0.1, -0.05) is 29.8 Å². The first-order valence-electron chi connectivity index (χ1n) is 6.82. The van der Waals surface area contributed by atoms with Crippen LogP contribution < -0.4 is 10.0 Å². The van der Waals surface area contributed by atoms with Crippen LogP contribution in [-0.4, -0.2) is 31.8 Å². The number of rotatable bonds is 6. The third-order valence-corrected chi connectivity index (χ3v) is 4.54. The molecule has 0 aliphatic carbocycles. The SMILES string of the molecule is Cc1ccc(CNc2ccc(NS(=O)(=O)N(C)C)cn2)cc1. The topological polar surface area (TPSA) is 74.3 Å². The number of benzene rings is 1. The first-order chi connectivity index (χ1) is 10.4. The zero-order valence-corrected chi connectivity index (χ0v) is 13.7. The summed E-state index contributed by atoms with van der Waals surface area (Å²) in [7, 11) is -0.569. The van der Waals surface area contributed by atoms with E-state index in [1.807, 2.05) is 6.92 Å². The van der Waals surface area contributed by atoms with Gasteiger partial charge in [0.2, 0.25) is 0 Å². The minimum Gasteiger partial charge on any atom is -0.366 e. The summed E-state index contributed by atoms with van der Waals surface area (Å²) in [4.78, 5) is 4.20. The van der Waals surface area contributed by atoms with Gasteiger partial charge in [-0.25, -0.2) is 4.98 Å². The molecule has 0 spiro atoms. The van der Waals surface area contributed by atoms with Gasteiger partial charge in [0.25, 0.3) is 0 Å². The highest BCUT2D eigenvalue weighted by Gasteiger charge is 2.12. The Kier molecular flexibility index (Phi) is 4.99. The number of aromatic nitrogens is 1. The van der Waals surface area contributed by atoms with Gasteiger partial charge in [-0.3, -0.25) is 4.72 Å². The maximum absolute atomic E-state index is 11.7. The molecular formula is C15H20N4O2S. The second kappa shape index (κ2) is 6.76. The van der Waals surface area contributed by atoms with Crippen LogP contribution in [-0.2, 0) is 16.8 Å². The highest BCUT2D eigenvalue weighted by atomic mass is 32.2.